The van der Waals surface area contributed by atoms with E-state index in [1.54, 1.807) is 44.2 Å². The molecule has 1 unspecified atom stereocenters. The van der Waals surface area contributed by atoms with Crippen LogP contribution in [-0.4, -0.2) is 51.5 Å². The number of aromatic amines is 1. The molecule has 192 valence electrons. The van der Waals surface area contributed by atoms with Crippen molar-refractivity contribution in [2.75, 3.05) is 13.2 Å². The van der Waals surface area contributed by atoms with E-state index in [1.807, 2.05) is 0 Å². The smallest absolute Gasteiger partial charge is 0.309 e. The van der Waals surface area contributed by atoms with E-state index >= 15 is 0 Å². The van der Waals surface area contributed by atoms with Crippen LogP contribution in [0, 0.1) is 11.2 Å². The second kappa shape index (κ2) is 12.0. The van der Waals surface area contributed by atoms with E-state index in [-0.39, 0.29) is 31.0 Å². The predicted molar refractivity (Wildman–Crippen MR) is 134 cm³/mol. The van der Waals surface area contributed by atoms with Gasteiger partial charge in [0.15, 0.2) is 0 Å². The lowest BCUT2D eigenvalue weighted by atomic mass is 9.79. The van der Waals surface area contributed by atoms with Gasteiger partial charge >= 0.3 is 5.97 Å². The number of carboxylic acid groups (broad SMARTS) is 1. The molecule has 4 N–H and O–H groups in total. The molecule has 0 aliphatic rings. The van der Waals surface area contributed by atoms with E-state index in [2.05, 4.69) is 15.5 Å². The van der Waals surface area contributed by atoms with Gasteiger partial charge in [-0.3, -0.25) is 14.7 Å². The molecule has 2 atom stereocenters. The highest BCUT2D eigenvalue weighted by molar-refractivity contribution is 6.30. The number of aliphatic hydroxyl groups excluding tert-OH is 1. The number of carboxylic acids is 1. The Balaban J connectivity index is 1.83. The first-order valence-corrected chi connectivity index (χ1v) is 11.9. The molecular weight excluding hydrogens is 489 g/mol. The lowest BCUT2D eigenvalue weighted by Crippen LogP contribution is -2.43. The first-order chi connectivity index (χ1) is 17.1. The van der Waals surface area contributed by atoms with Crippen molar-refractivity contribution in [2.45, 2.75) is 39.2 Å². The van der Waals surface area contributed by atoms with Crippen molar-refractivity contribution in [3.63, 3.8) is 0 Å². The number of hydrogen-bond acceptors (Lipinski definition) is 5. The van der Waals surface area contributed by atoms with Gasteiger partial charge in [-0.25, -0.2) is 4.39 Å². The fourth-order valence-electron chi connectivity index (χ4n) is 3.99. The van der Waals surface area contributed by atoms with Crippen LogP contribution in [-0.2, 0) is 11.2 Å². The summed E-state index contributed by atoms with van der Waals surface area (Å²) in [6.45, 7) is 3.42. The Hall–Kier alpha value is -3.43. The van der Waals surface area contributed by atoms with Crippen LogP contribution in [0.1, 0.15) is 42.7 Å². The molecule has 8 nitrogen and oxygen atoms in total. The Morgan fingerprint density at radius 1 is 1.22 bits per heavy atom. The highest BCUT2D eigenvalue weighted by atomic mass is 35.5. The van der Waals surface area contributed by atoms with Crippen molar-refractivity contribution in [2.24, 2.45) is 5.41 Å². The Kier molecular flexibility index (Phi) is 9.06. The summed E-state index contributed by atoms with van der Waals surface area (Å²) >= 11 is 6.01. The fourth-order valence-corrected chi connectivity index (χ4v) is 4.16. The van der Waals surface area contributed by atoms with Gasteiger partial charge in [0.2, 0.25) is 5.88 Å². The minimum absolute atomic E-state index is 0.0280. The van der Waals surface area contributed by atoms with Crippen LogP contribution in [0.15, 0.2) is 48.5 Å². The van der Waals surface area contributed by atoms with Crippen LogP contribution in [0.5, 0.6) is 5.88 Å². The van der Waals surface area contributed by atoms with Gasteiger partial charge in [-0.2, -0.15) is 0 Å². The third-order valence-corrected chi connectivity index (χ3v) is 6.21. The number of aromatic nitrogens is 2. The van der Waals surface area contributed by atoms with Crippen LogP contribution in [0.2, 0.25) is 5.02 Å². The van der Waals surface area contributed by atoms with Crippen molar-refractivity contribution in [3.05, 3.63) is 70.6 Å². The average molecular weight is 518 g/mol. The van der Waals surface area contributed by atoms with E-state index in [9.17, 15) is 24.2 Å². The maximum atomic E-state index is 14.3. The molecule has 1 heterocycles. The summed E-state index contributed by atoms with van der Waals surface area (Å²) in [6, 6.07) is 12.3. The quantitative estimate of drug-likeness (QED) is 0.281. The average Bonchev–Trinajstić information content (AvgIpc) is 3.30. The van der Waals surface area contributed by atoms with Crippen molar-refractivity contribution >= 4 is 23.5 Å². The third-order valence-electron chi connectivity index (χ3n) is 5.98. The van der Waals surface area contributed by atoms with E-state index in [4.69, 9.17) is 16.3 Å². The number of carbonyl (C=O) groups excluding carboxylic acids is 1. The van der Waals surface area contributed by atoms with Crippen LogP contribution < -0.4 is 10.1 Å². The zero-order valence-electron chi connectivity index (χ0n) is 20.1. The summed E-state index contributed by atoms with van der Waals surface area (Å²) in [5, 5.41) is 29.1. The SMILES string of the molecule is CCOc1cc(C(=O)N[C@H](Cc2ccc(-c3cc(Cl)ccc3F)cc2)CC(C)(CCO)C(=O)O)[nH]n1. The minimum atomic E-state index is -1.26. The van der Waals surface area contributed by atoms with Crippen LogP contribution in [0.3, 0.4) is 0 Å². The van der Waals surface area contributed by atoms with Crippen molar-refractivity contribution in [1.82, 2.24) is 15.5 Å². The van der Waals surface area contributed by atoms with Gasteiger partial charge in [0.1, 0.15) is 11.5 Å². The van der Waals surface area contributed by atoms with Crippen LogP contribution >= 0.6 is 11.6 Å². The molecule has 0 radical (unpaired) electrons. The lowest BCUT2D eigenvalue weighted by Gasteiger charge is -2.29. The van der Waals surface area contributed by atoms with E-state index < -0.39 is 29.2 Å². The molecule has 0 fully saturated rings. The van der Waals surface area contributed by atoms with E-state index in [0.29, 0.717) is 29.2 Å². The normalized spacial score (nSPS) is 13.6. The number of aliphatic hydroxyl groups is 1. The number of ether oxygens (including phenoxy) is 1. The molecule has 0 aliphatic heterocycles. The molecule has 0 spiro atoms. The maximum absolute atomic E-state index is 14.3. The van der Waals surface area contributed by atoms with E-state index in [1.165, 1.54) is 18.2 Å². The monoisotopic (exact) mass is 517 g/mol. The molecule has 0 saturated carbocycles. The summed E-state index contributed by atoms with van der Waals surface area (Å²) < 4.78 is 19.5. The number of H-pyrrole nitrogens is 1. The number of nitrogens with one attached hydrogen (secondary N) is 2. The molecule has 0 saturated heterocycles. The molecule has 0 bridgehead atoms. The first kappa shape index (κ1) is 27.2. The molecule has 2 aromatic carbocycles. The predicted octanol–water partition coefficient (Wildman–Crippen LogP) is 4.47. The number of amides is 1. The topological polar surface area (TPSA) is 125 Å². The third kappa shape index (κ3) is 6.83. The van der Waals surface area contributed by atoms with Crippen molar-refractivity contribution in [1.29, 1.82) is 0 Å². The lowest BCUT2D eigenvalue weighted by molar-refractivity contribution is -0.149. The Morgan fingerprint density at radius 2 is 1.94 bits per heavy atom. The highest BCUT2D eigenvalue weighted by Gasteiger charge is 2.36. The highest BCUT2D eigenvalue weighted by Crippen LogP contribution is 2.30. The number of aliphatic carboxylic acids is 1. The number of hydrogen-bond donors (Lipinski definition) is 4. The number of rotatable bonds is 12. The molecular formula is C26H29ClFN3O5. The number of halogens is 2. The van der Waals surface area contributed by atoms with Crippen molar-refractivity contribution in [3.8, 4) is 17.0 Å². The second-order valence-electron chi connectivity index (χ2n) is 8.79. The minimum Gasteiger partial charge on any atom is -0.481 e. The number of benzene rings is 2. The Bertz CT molecular complexity index is 1200. The molecule has 3 rings (SSSR count). The molecule has 0 aliphatic carbocycles. The zero-order valence-corrected chi connectivity index (χ0v) is 20.8. The summed E-state index contributed by atoms with van der Waals surface area (Å²) in [6.07, 6.45) is 0.413. The van der Waals surface area contributed by atoms with Gasteiger partial charge in [0.05, 0.1) is 12.0 Å². The molecule has 10 heteroatoms. The van der Waals surface area contributed by atoms with Gasteiger partial charge in [0.25, 0.3) is 5.91 Å². The largest absolute Gasteiger partial charge is 0.481 e. The summed E-state index contributed by atoms with van der Waals surface area (Å²) in [5.74, 6) is -1.65. The fraction of sp³-hybridized carbons (Fsp3) is 0.346. The van der Waals surface area contributed by atoms with Gasteiger partial charge in [0, 0.05) is 29.3 Å². The zero-order chi connectivity index (χ0) is 26.3. The second-order valence-corrected chi connectivity index (χ2v) is 9.23. The Morgan fingerprint density at radius 3 is 2.58 bits per heavy atom. The van der Waals surface area contributed by atoms with Gasteiger partial charge in [-0.05, 0) is 62.4 Å². The van der Waals surface area contributed by atoms with Gasteiger partial charge < -0.3 is 20.3 Å². The molecule has 1 aromatic heterocycles. The number of nitrogens with zero attached hydrogens (tertiary/aromatic N) is 1. The van der Waals surface area contributed by atoms with Gasteiger partial charge in [-0.1, -0.05) is 35.9 Å². The standard InChI is InChI=1S/C26H29ClFN3O5/c1-3-36-23-14-22(30-31-23)24(33)29-19(15-26(2,10-11-32)25(34)35)12-16-4-6-17(7-5-16)20-13-18(27)8-9-21(20)28/h4-9,13-14,19,32H,3,10-12,15H2,1-2H3,(H,29,33)(H,30,31)(H,34,35)/t19-,26?/m1/s1. The van der Waals surface area contributed by atoms with Crippen LogP contribution in [0.4, 0.5) is 4.39 Å². The molecule has 1 amide bonds. The summed E-state index contributed by atoms with van der Waals surface area (Å²) in [4.78, 5) is 24.9. The number of carbonyl (C=O) groups is 2. The summed E-state index contributed by atoms with van der Waals surface area (Å²) in [5.41, 5.74) is 0.721. The van der Waals surface area contributed by atoms with E-state index in [0.717, 1.165) is 5.56 Å². The van der Waals surface area contributed by atoms with Gasteiger partial charge in [-0.15, -0.1) is 5.10 Å². The van der Waals surface area contributed by atoms with Crippen molar-refractivity contribution < 1.29 is 28.9 Å². The maximum Gasteiger partial charge on any atom is 0.309 e. The molecule has 3 aromatic rings. The van der Waals surface area contributed by atoms with Crippen LogP contribution in [0.25, 0.3) is 11.1 Å². The first-order valence-electron chi connectivity index (χ1n) is 11.5. The Labute approximate surface area is 213 Å². The molecule has 36 heavy (non-hydrogen) atoms. The summed E-state index contributed by atoms with van der Waals surface area (Å²) in [7, 11) is 0.